The van der Waals surface area contributed by atoms with Gasteiger partial charge in [0.25, 0.3) is 5.91 Å². The lowest BCUT2D eigenvalue weighted by Gasteiger charge is -2.09. The fourth-order valence-corrected chi connectivity index (χ4v) is 2.97. The number of ether oxygens (including phenoxy) is 1. The van der Waals surface area contributed by atoms with E-state index >= 15 is 0 Å². The molecule has 0 atom stereocenters. The van der Waals surface area contributed by atoms with Crippen molar-refractivity contribution in [2.75, 3.05) is 11.9 Å². The van der Waals surface area contributed by atoms with Gasteiger partial charge in [-0.1, -0.05) is 48.5 Å². The van der Waals surface area contributed by atoms with E-state index in [1.54, 1.807) is 17.7 Å². The van der Waals surface area contributed by atoms with E-state index in [1.807, 2.05) is 60.7 Å². The molecule has 7 nitrogen and oxygen atoms in total. The Morgan fingerprint density at radius 1 is 1.03 bits per heavy atom. The molecule has 2 heterocycles. The first-order chi connectivity index (χ1) is 14.6. The van der Waals surface area contributed by atoms with Crippen LogP contribution in [0.2, 0.25) is 0 Å². The fraction of sp³-hybridized carbons (Fsp3) is 0.0870. The van der Waals surface area contributed by atoms with Crippen LogP contribution >= 0.6 is 0 Å². The van der Waals surface area contributed by atoms with E-state index in [-0.39, 0.29) is 0 Å². The minimum Gasteiger partial charge on any atom is -0.469 e. The summed E-state index contributed by atoms with van der Waals surface area (Å²) in [5.74, 6) is -0.171. The largest absolute Gasteiger partial charge is 0.469 e. The molecule has 7 heteroatoms. The van der Waals surface area contributed by atoms with Gasteiger partial charge in [0, 0.05) is 11.6 Å². The van der Waals surface area contributed by atoms with Crippen molar-refractivity contribution in [3.63, 3.8) is 0 Å². The molecule has 0 aliphatic carbocycles. The molecule has 4 aromatic rings. The quantitative estimate of drug-likeness (QED) is 0.489. The number of esters is 1. The van der Waals surface area contributed by atoms with Crippen molar-refractivity contribution in [2.24, 2.45) is 0 Å². The number of hydrogen-bond acceptors (Lipinski definition) is 5. The van der Waals surface area contributed by atoms with Gasteiger partial charge in [0.1, 0.15) is 17.1 Å². The number of benzene rings is 2. The SMILES string of the molecule is Cc1occc1C(=O)OCC(=O)Nc1cc(-c2ccccc2)nn1-c1ccccc1. The molecule has 2 aromatic heterocycles. The predicted octanol–water partition coefficient (Wildman–Crippen LogP) is 4.24. The number of carbonyl (C=O) groups is 2. The number of furan rings is 1. The highest BCUT2D eigenvalue weighted by Crippen LogP contribution is 2.24. The number of nitrogens with zero attached hydrogens (tertiary/aromatic N) is 2. The third-order valence-corrected chi connectivity index (χ3v) is 4.46. The van der Waals surface area contributed by atoms with Crippen LogP contribution in [0.15, 0.2) is 83.5 Å². The molecule has 0 fully saturated rings. The van der Waals surface area contributed by atoms with Gasteiger partial charge >= 0.3 is 5.97 Å². The molecule has 0 spiro atoms. The lowest BCUT2D eigenvalue weighted by atomic mass is 10.2. The summed E-state index contributed by atoms with van der Waals surface area (Å²) in [6.07, 6.45) is 1.40. The van der Waals surface area contributed by atoms with E-state index in [1.165, 1.54) is 12.3 Å². The molecule has 150 valence electrons. The Morgan fingerprint density at radius 3 is 2.40 bits per heavy atom. The first-order valence-electron chi connectivity index (χ1n) is 9.34. The van der Waals surface area contributed by atoms with Crippen LogP contribution in [0, 0.1) is 6.92 Å². The van der Waals surface area contributed by atoms with Crippen molar-refractivity contribution in [1.82, 2.24) is 9.78 Å². The maximum atomic E-state index is 12.4. The predicted molar refractivity (Wildman–Crippen MR) is 111 cm³/mol. The van der Waals surface area contributed by atoms with E-state index in [2.05, 4.69) is 10.4 Å². The Hall–Kier alpha value is -4.13. The second-order valence-electron chi connectivity index (χ2n) is 6.54. The molecule has 0 radical (unpaired) electrons. The summed E-state index contributed by atoms with van der Waals surface area (Å²) in [4.78, 5) is 24.5. The zero-order valence-corrected chi connectivity index (χ0v) is 16.2. The van der Waals surface area contributed by atoms with E-state index in [0.29, 0.717) is 22.8 Å². The number of nitrogens with one attached hydrogen (secondary N) is 1. The van der Waals surface area contributed by atoms with E-state index in [0.717, 1.165) is 11.3 Å². The van der Waals surface area contributed by atoms with Gasteiger partial charge in [0.15, 0.2) is 6.61 Å². The molecular formula is C23H19N3O4. The van der Waals surface area contributed by atoms with Crippen LogP contribution in [-0.4, -0.2) is 28.3 Å². The summed E-state index contributed by atoms with van der Waals surface area (Å²) in [5.41, 5.74) is 2.72. The molecular weight excluding hydrogens is 382 g/mol. The molecule has 0 aliphatic heterocycles. The third-order valence-electron chi connectivity index (χ3n) is 4.46. The van der Waals surface area contributed by atoms with Crippen molar-refractivity contribution in [3.05, 3.63) is 90.4 Å². The van der Waals surface area contributed by atoms with Crippen LogP contribution in [0.3, 0.4) is 0 Å². The monoisotopic (exact) mass is 401 g/mol. The molecule has 1 amide bonds. The first-order valence-corrected chi connectivity index (χ1v) is 9.34. The maximum Gasteiger partial charge on any atom is 0.342 e. The molecule has 2 aromatic carbocycles. The number of hydrogen-bond donors (Lipinski definition) is 1. The number of aromatic nitrogens is 2. The average molecular weight is 401 g/mol. The smallest absolute Gasteiger partial charge is 0.342 e. The Kier molecular flexibility index (Phi) is 5.43. The van der Waals surface area contributed by atoms with Gasteiger partial charge in [-0.05, 0) is 25.1 Å². The fourth-order valence-electron chi connectivity index (χ4n) is 2.97. The Morgan fingerprint density at radius 2 is 1.73 bits per heavy atom. The Balaban J connectivity index is 1.53. The first kappa shape index (κ1) is 19.2. The van der Waals surface area contributed by atoms with Gasteiger partial charge in [-0.2, -0.15) is 5.10 Å². The van der Waals surface area contributed by atoms with E-state index in [9.17, 15) is 9.59 Å². The summed E-state index contributed by atoms with van der Waals surface area (Å²) >= 11 is 0. The van der Waals surface area contributed by atoms with Crippen molar-refractivity contribution in [1.29, 1.82) is 0 Å². The van der Waals surface area contributed by atoms with Gasteiger partial charge in [0.2, 0.25) is 0 Å². The van der Waals surface area contributed by atoms with Crippen molar-refractivity contribution in [2.45, 2.75) is 6.92 Å². The summed E-state index contributed by atoms with van der Waals surface area (Å²) in [7, 11) is 0. The van der Waals surface area contributed by atoms with E-state index in [4.69, 9.17) is 9.15 Å². The Bertz CT molecular complexity index is 1160. The normalized spacial score (nSPS) is 10.6. The standard InChI is InChI=1S/C23H19N3O4/c1-16-19(12-13-29-16)23(28)30-15-22(27)24-21-14-20(17-8-4-2-5-9-17)25-26(21)18-10-6-3-7-11-18/h2-14H,15H2,1H3,(H,24,27). The number of carbonyl (C=O) groups excluding carboxylic acids is 2. The van der Waals surface area contributed by atoms with Crippen molar-refractivity contribution < 1.29 is 18.7 Å². The molecule has 4 rings (SSSR count). The lowest BCUT2D eigenvalue weighted by Crippen LogP contribution is -2.22. The summed E-state index contributed by atoms with van der Waals surface area (Å²) in [6.45, 7) is 1.23. The second kappa shape index (κ2) is 8.48. The highest BCUT2D eigenvalue weighted by atomic mass is 16.5. The van der Waals surface area contributed by atoms with Crippen LogP contribution in [0.4, 0.5) is 5.82 Å². The van der Waals surface area contributed by atoms with Crippen LogP contribution in [0.25, 0.3) is 16.9 Å². The highest BCUT2D eigenvalue weighted by Gasteiger charge is 2.17. The van der Waals surface area contributed by atoms with Crippen molar-refractivity contribution in [3.8, 4) is 16.9 Å². The Labute approximate surface area is 172 Å². The van der Waals surface area contributed by atoms with Crippen LogP contribution in [0.1, 0.15) is 16.1 Å². The third kappa shape index (κ3) is 4.15. The van der Waals surface area contributed by atoms with E-state index < -0.39 is 18.5 Å². The van der Waals surface area contributed by atoms with Gasteiger partial charge in [0.05, 0.1) is 17.6 Å². The molecule has 0 saturated heterocycles. The highest BCUT2D eigenvalue weighted by molar-refractivity contribution is 5.95. The number of amides is 1. The molecule has 0 aliphatic rings. The van der Waals surface area contributed by atoms with Crippen LogP contribution in [-0.2, 0) is 9.53 Å². The number of anilines is 1. The average Bonchev–Trinajstić information content (AvgIpc) is 3.40. The number of aryl methyl sites for hydroxylation is 1. The van der Waals surface area contributed by atoms with Gasteiger partial charge in [-0.3, -0.25) is 4.79 Å². The second-order valence-corrected chi connectivity index (χ2v) is 6.54. The topological polar surface area (TPSA) is 86.4 Å². The zero-order chi connectivity index (χ0) is 20.9. The molecule has 0 unspecified atom stereocenters. The van der Waals surface area contributed by atoms with Gasteiger partial charge in [-0.25, -0.2) is 9.48 Å². The van der Waals surface area contributed by atoms with Gasteiger partial charge in [-0.15, -0.1) is 0 Å². The number of rotatable bonds is 6. The summed E-state index contributed by atoms with van der Waals surface area (Å²) in [5, 5.41) is 7.41. The van der Waals surface area contributed by atoms with Gasteiger partial charge < -0.3 is 14.5 Å². The van der Waals surface area contributed by atoms with Crippen LogP contribution < -0.4 is 5.32 Å². The minimum absolute atomic E-state index is 0.295. The molecule has 0 bridgehead atoms. The minimum atomic E-state index is -0.613. The van der Waals surface area contributed by atoms with Crippen LogP contribution in [0.5, 0.6) is 0 Å². The molecule has 0 saturated carbocycles. The lowest BCUT2D eigenvalue weighted by molar-refractivity contribution is -0.119. The summed E-state index contributed by atoms with van der Waals surface area (Å²) < 4.78 is 11.8. The number of para-hydroxylation sites is 1. The molecule has 30 heavy (non-hydrogen) atoms. The van der Waals surface area contributed by atoms with Crippen molar-refractivity contribution >= 4 is 17.7 Å². The maximum absolute atomic E-state index is 12.4. The summed E-state index contributed by atoms with van der Waals surface area (Å²) in [6, 6.07) is 22.4. The zero-order valence-electron chi connectivity index (χ0n) is 16.2. The molecule has 1 N–H and O–H groups in total.